The molecule has 2 fully saturated rings. The molecule has 6 nitrogen and oxygen atoms in total. The molecule has 0 spiro atoms. The van der Waals surface area contributed by atoms with Crippen LogP contribution in [-0.4, -0.2) is 33.0 Å². The second kappa shape index (κ2) is 9.45. The zero-order valence-corrected chi connectivity index (χ0v) is 21.3. The van der Waals surface area contributed by atoms with Crippen LogP contribution in [0.15, 0.2) is 66.9 Å². The zero-order chi connectivity index (χ0) is 24.8. The highest BCUT2D eigenvalue weighted by Crippen LogP contribution is 2.33. The molecule has 4 heterocycles. The van der Waals surface area contributed by atoms with Crippen molar-refractivity contribution in [3.8, 4) is 33.6 Å². The Bertz CT molecular complexity index is 1560. The van der Waals surface area contributed by atoms with Crippen molar-refractivity contribution in [1.29, 1.82) is 0 Å². The first-order valence-electron chi connectivity index (χ1n) is 13.1. The maximum atomic E-state index is 6.52. The zero-order valence-electron chi connectivity index (χ0n) is 20.5. The van der Waals surface area contributed by atoms with Crippen LogP contribution in [0.5, 0.6) is 0 Å². The lowest BCUT2D eigenvalue weighted by Gasteiger charge is -2.08. The predicted octanol–water partition coefficient (Wildman–Crippen LogP) is 6.79. The number of halogens is 1. The summed E-state index contributed by atoms with van der Waals surface area (Å²) in [6, 6.07) is 22.3. The van der Waals surface area contributed by atoms with Crippen molar-refractivity contribution in [2.45, 2.75) is 37.8 Å². The van der Waals surface area contributed by atoms with Crippen LogP contribution < -0.4 is 10.6 Å². The van der Waals surface area contributed by atoms with Crippen LogP contribution in [0.1, 0.15) is 49.4 Å². The van der Waals surface area contributed by atoms with Crippen molar-refractivity contribution in [3.05, 3.63) is 83.7 Å². The predicted molar refractivity (Wildman–Crippen MR) is 150 cm³/mol. The number of hydrogen-bond acceptors (Lipinski definition) is 4. The minimum Gasteiger partial charge on any atom is -0.341 e. The topological polar surface area (TPSA) is 81.4 Å². The molecule has 5 aromatic rings. The fraction of sp³-hybridized carbons (Fsp3) is 0.267. The Balaban J connectivity index is 1.12. The standard InChI is InChI=1S/C30H29ClN6/c31-28-27(36-30(37-28)25-4-2-14-33-25)19-7-5-18(6-8-19)20-9-10-22-16-23(12-11-21(22)15-20)26-17-34-29(35-26)24-3-1-13-32-24/h5-12,15-17,24-25,32-33H,1-4,13-14H2,(H,34,35)(H,36,37). The molecule has 2 unspecified atom stereocenters. The summed E-state index contributed by atoms with van der Waals surface area (Å²) < 4.78 is 0. The van der Waals surface area contributed by atoms with Crippen LogP contribution in [0.4, 0.5) is 0 Å². The van der Waals surface area contributed by atoms with Crippen LogP contribution >= 0.6 is 11.6 Å². The van der Waals surface area contributed by atoms with Crippen molar-refractivity contribution >= 4 is 22.4 Å². The van der Waals surface area contributed by atoms with Gasteiger partial charge >= 0.3 is 0 Å². The number of H-pyrrole nitrogens is 2. The van der Waals surface area contributed by atoms with Crippen LogP contribution in [-0.2, 0) is 0 Å². The lowest BCUT2D eigenvalue weighted by Crippen LogP contribution is -2.14. The number of aromatic amines is 2. The van der Waals surface area contributed by atoms with Crippen LogP contribution in [0.3, 0.4) is 0 Å². The number of imidazole rings is 2. The average molecular weight is 509 g/mol. The van der Waals surface area contributed by atoms with Gasteiger partial charge in [-0.3, -0.25) is 0 Å². The summed E-state index contributed by atoms with van der Waals surface area (Å²) in [7, 11) is 0. The van der Waals surface area contributed by atoms with Gasteiger partial charge in [-0.1, -0.05) is 60.1 Å². The van der Waals surface area contributed by atoms with Gasteiger partial charge in [-0.2, -0.15) is 0 Å². The van der Waals surface area contributed by atoms with Gasteiger partial charge in [-0.25, -0.2) is 9.97 Å². The fourth-order valence-corrected chi connectivity index (χ4v) is 5.88. The molecule has 3 aromatic carbocycles. The van der Waals surface area contributed by atoms with E-state index in [0.717, 1.165) is 60.1 Å². The first-order chi connectivity index (χ1) is 18.2. The van der Waals surface area contributed by atoms with Crippen molar-refractivity contribution in [2.24, 2.45) is 0 Å². The first kappa shape index (κ1) is 22.7. The molecule has 2 aromatic heterocycles. The van der Waals surface area contributed by atoms with Gasteiger partial charge in [0.05, 0.1) is 24.0 Å². The van der Waals surface area contributed by atoms with Gasteiger partial charge in [0.15, 0.2) is 0 Å². The number of hydrogen-bond donors (Lipinski definition) is 4. The van der Waals surface area contributed by atoms with Gasteiger partial charge in [-0.15, -0.1) is 0 Å². The third-order valence-corrected chi connectivity index (χ3v) is 7.97. The molecule has 0 bridgehead atoms. The lowest BCUT2D eigenvalue weighted by molar-refractivity contribution is 0.613. The summed E-state index contributed by atoms with van der Waals surface area (Å²) in [5, 5.41) is 10.0. The summed E-state index contributed by atoms with van der Waals surface area (Å²) in [5.74, 6) is 1.96. The Morgan fingerprint density at radius 3 is 2.00 bits per heavy atom. The highest BCUT2D eigenvalue weighted by atomic mass is 35.5. The third-order valence-electron chi connectivity index (χ3n) is 7.70. The maximum absolute atomic E-state index is 6.52. The quantitative estimate of drug-likeness (QED) is 0.211. The van der Waals surface area contributed by atoms with Crippen LogP contribution in [0.25, 0.3) is 44.4 Å². The Hall–Kier alpha value is -3.45. The second-order valence-corrected chi connectivity index (χ2v) is 10.5. The molecule has 7 heteroatoms. The molecule has 2 aliphatic heterocycles. The monoisotopic (exact) mass is 508 g/mol. The SMILES string of the molecule is Clc1[nH]c(C2CCCN2)nc1-c1ccc(-c2ccc3cc(-c4cnc(C5CCCN5)[nH]4)ccc3c2)cc1. The molecule has 0 radical (unpaired) electrons. The first-order valence-corrected chi connectivity index (χ1v) is 13.5. The van der Waals surface area contributed by atoms with E-state index in [1.807, 2.05) is 6.20 Å². The molecule has 0 amide bonds. The van der Waals surface area contributed by atoms with Gasteiger partial charge in [0.25, 0.3) is 0 Å². The number of nitrogens with zero attached hydrogens (tertiary/aromatic N) is 2. The van der Waals surface area contributed by atoms with Crippen molar-refractivity contribution in [2.75, 3.05) is 13.1 Å². The van der Waals surface area contributed by atoms with Gasteiger partial charge in [-0.05, 0) is 72.8 Å². The Morgan fingerprint density at radius 2 is 1.30 bits per heavy atom. The number of rotatable bonds is 5. The van der Waals surface area contributed by atoms with E-state index in [1.54, 1.807) is 0 Å². The summed E-state index contributed by atoms with van der Waals surface area (Å²) in [6.45, 7) is 2.10. The average Bonchev–Trinajstić information content (AvgIpc) is 3.75. The van der Waals surface area contributed by atoms with Crippen molar-refractivity contribution in [1.82, 2.24) is 30.6 Å². The normalized spacial score (nSPS) is 19.7. The third kappa shape index (κ3) is 4.35. The minimum atomic E-state index is 0.267. The van der Waals surface area contributed by atoms with Crippen molar-refractivity contribution in [3.63, 3.8) is 0 Å². The number of nitrogens with one attached hydrogen (secondary N) is 4. The molecule has 2 aliphatic rings. The van der Waals surface area contributed by atoms with E-state index in [1.165, 1.54) is 34.7 Å². The second-order valence-electron chi connectivity index (χ2n) is 10.1. The summed E-state index contributed by atoms with van der Waals surface area (Å²) in [6.07, 6.45) is 6.56. The molecule has 0 aliphatic carbocycles. The summed E-state index contributed by atoms with van der Waals surface area (Å²) >= 11 is 6.52. The van der Waals surface area contributed by atoms with E-state index in [2.05, 4.69) is 86.2 Å². The number of benzene rings is 3. The molecular formula is C30H29ClN6. The fourth-order valence-electron chi connectivity index (χ4n) is 5.64. The molecular weight excluding hydrogens is 480 g/mol. The van der Waals surface area contributed by atoms with Crippen molar-refractivity contribution < 1.29 is 0 Å². The lowest BCUT2D eigenvalue weighted by atomic mass is 9.98. The van der Waals surface area contributed by atoms with Gasteiger partial charge < -0.3 is 20.6 Å². The van der Waals surface area contributed by atoms with E-state index >= 15 is 0 Å². The molecule has 2 saturated heterocycles. The smallest absolute Gasteiger partial charge is 0.134 e. The highest BCUT2D eigenvalue weighted by Gasteiger charge is 2.22. The van der Waals surface area contributed by atoms with E-state index in [9.17, 15) is 0 Å². The Kier molecular flexibility index (Phi) is 5.80. The van der Waals surface area contributed by atoms with E-state index in [-0.39, 0.29) is 6.04 Å². The summed E-state index contributed by atoms with van der Waals surface area (Å²) in [5.41, 5.74) is 6.41. The molecule has 2 atom stereocenters. The van der Waals surface area contributed by atoms with E-state index in [0.29, 0.717) is 11.2 Å². The van der Waals surface area contributed by atoms with E-state index < -0.39 is 0 Å². The highest BCUT2D eigenvalue weighted by molar-refractivity contribution is 6.31. The van der Waals surface area contributed by atoms with Crippen LogP contribution in [0, 0.1) is 0 Å². The molecule has 7 rings (SSSR count). The minimum absolute atomic E-state index is 0.267. The summed E-state index contributed by atoms with van der Waals surface area (Å²) in [4.78, 5) is 16.2. The van der Waals surface area contributed by atoms with Gasteiger partial charge in [0.2, 0.25) is 0 Å². The maximum Gasteiger partial charge on any atom is 0.134 e. The Morgan fingerprint density at radius 1 is 0.676 bits per heavy atom. The Labute approximate surface area is 220 Å². The molecule has 0 saturated carbocycles. The number of aromatic nitrogens is 4. The van der Waals surface area contributed by atoms with E-state index in [4.69, 9.17) is 16.6 Å². The molecule has 4 N–H and O–H groups in total. The van der Waals surface area contributed by atoms with Gasteiger partial charge in [0.1, 0.15) is 22.5 Å². The van der Waals surface area contributed by atoms with Crippen LogP contribution in [0.2, 0.25) is 5.15 Å². The molecule has 186 valence electrons. The number of fused-ring (bicyclic) bond motifs is 1. The van der Waals surface area contributed by atoms with Gasteiger partial charge in [0, 0.05) is 11.1 Å². The largest absolute Gasteiger partial charge is 0.341 e. The molecule has 37 heavy (non-hydrogen) atoms.